The fraction of sp³-hybridized carbons (Fsp3) is 0.538. The molecule has 0 aliphatic rings. The Bertz CT molecular complexity index is 584. The molecule has 0 aliphatic carbocycles. The zero-order valence-electron chi connectivity index (χ0n) is 12.8. The lowest BCUT2D eigenvalue weighted by molar-refractivity contribution is -0.137. The number of carboxylic acid groups (broad SMARTS) is 1. The molecule has 0 saturated heterocycles. The molecule has 1 aromatic rings. The highest BCUT2D eigenvalue weighted by molar-refractivity contribution is 7.98. The first kappa shape index (κ1) is 20.0. The molecule has 2 N–H and O–H groups in total. The van der Waals surface area contributed by atoms with Crippen molar-refractivity contribution in [1.29, 1.82) is 0 Å². The smallest absolute Gasteiger partial charge is 0.305 e. The first-order valence-electron chi connectivity index (χ1n) is 6.55. The van der Waals surface area contributed by atoms with E-state index in [0.29, 0.717) is 5.16 Å². The van der Waals surface area contributed by atoms with Crippen LogP contribution in [0.2, 0.25) is 10.3 Å². The van der Waals surface area contributed by atoms with Gasteiger partial charge in [0.2, 0.25) is 0 Å². The van der Waals surface area contributed by atoms with Gasteiger partial charge in [0.25, 0.3) is 5.91 Å². The summed E-state index contributed by atoms with van der Waals surface area (Å²) >= 11 is 13.2. The Balaban J connectivity index is 3.15. The summed E-state index contributed by atoms with van der Waals surface area (Å²) in [4.78, 5) is 32.5. The Kier molecular flexibility index (Phi) is 7.06. The van der Waals surface area contributed by atoms with Crippen LogP contribution in [0.15, 0.2) is 5.16 Å². The van der Waals surface area contributed by atoms with Gasteiger partial charge in [-0.25, -0.2) is 9.97 Å². The van der Waals surface area contributed by atoms with E-state index in [1.165, 1.54) is 30.5 Å². The molecule has 0 aliphatic heterocycles. The number of aliphatic carboxylic acids is 1. The van der Waals surface area contributed by atoms with Crippen LogP contribution in [0.1, 0.15) is 30.6 Å². The van der Waals surface area contributed by atoms with Crippen LogP contribution in [0.25, 0.3) is 0 Å². The molecular formula is C13H17Cl2N3O4S. The normalized spacial score (nSPS) is 11.4. The monoisotopic (exact) mass is 381 g/mol. The molecule has 0 saturated carbocycles. The van der Waals surface area contributed by atoms with Gasteiger partial charge in [-0.2, -0.15) is 0 Å². The molecule has 1 heterocycles. The van der Waals surface area contributed by atoms with Gasteiger partial charge in [0.1, 0.15) is 15.9 Å². The van der Waals surface area contributed by atoms with Gasteiger partial charge in [0, 0.05) is 13.1 Å². The van der Waals surface area contributed by atoms with Crippen molar-refractivity contribution in [2.24, 2.45) is 0 Å². The second-order valence-electron chi connectivity index (χ2n) is 5.35. The predicted octanol–water partition coefficient (Wildman–Crippen LogP) is 2.19. The molecule has 1 amide bonds. The van der Waals surface area contributed by atoms with Gasteiger partial charge in [-0.05, 0) is 20.1 Å². The van der Waals surface area contributed by atoms with Crippen LogP contribution in [0.3, 0.4) is 0 Å². The van der Waals surface area contributed by atoms with E-state index >= 15 is 0 Å². The Morgan fingerprint density at radius 2 is 1.78 bits per heavy atom. The zero-order valence-corrected chi connectivity index (χ0v) is 15.2. The van der Waals surface area contributed by atoms with Crippen LogP contribution < -0.4 is 0 Å². The molecule has 23 heavy (non-hydrogen) atoms. The van der Waals surface area contributed by atoms with Crippen molar-refractivity contribution in [3.63, 3.8) is 0 Å². The molecule has 0 aromatic carbocycles. The van der Waals surface area contributed by atoms with E-state index in [4.69, 9.17) is 28.3 Å². The van der Waals surface area contributed by atoms with Crippen LogP contribution in [0.5, 0.6) is 0 Å². The number of rotatable bonds is 7. The molecule has 10 heteroatoms. The third kappa shape index (κ3) is 6.14. The minimum Gasteiger partial charge on any atom is -0.481 e. The van der Waals surface area contributed by atoms with Gasteiger partial charge in [-0.15, -0.1) is 0 Å². The number of hydrogen-bond donors (Lipinski definition) is 2. The molecule has 0 bridgehead atoms. The molecule has 0 radical (unpaired) electrons. The Morgan fingerprint density at radius 3 is 2.17 bits per heavy atom. The minimum absolute atomic E-state index is 0.0873. The van der Waals surface area contributed by atoms with Crippen LogP contribution in [0.4, 0.5) is 0 Å². The number of hydrogen-bond acceptors (Lipinski definition) is 6. The Morgan fingerprint density at radius 1 is 1.26 bits per heavy atom. The van der Waals surface area contributed by atoms with E-state index in [1.807, 2.05) is 0 Å². The third-order valence-corrected chi connectivity index (χ3v) is 3.75. The van der Waals surface area contributed by atoms with Gasteiger partial charge in [-0.3, -0.25) is 9.59 Å². The van der Waals surface area contributed by atoms with E-state index in [-0.39, 0.29) is 35.4 Å². The lowest BCUT2D eigenvalue weighted by atomic mass is 10.1. The summed E-state index contributed by atoms with van der Waals surface area (Å²) in [5, 5.41) is 18.8. The number of carboxylic acids is 1. The number of amides is 1. The minimum atomic E-state index is -1.22. The number of nitrogens with zero attached hydrogens (tertiary/aromatic N) is 3. The summed E-state index contributed by atoms with van der Waals surface area (Å²) in [7, 11) is 0. The predicted molar refractivity (Wildman–Crippen MR) is 88.3 cm³/mol. The maximum Gasteiger partial charge on any atom is 0.305 e. The average Bonchev–Trinajstić information content (AvgIpc) is 2.40. The van der Waals surface area contributed by atoms with Crippen molar-refractivity contribution in [1.82, 2.24) is 14.9 Å². The molecular weight excluding hydrogens is 365 g/mol. The zero-order chi connectivity index (χ0) is 17.8. The highest BCUT2D eigenvalue weighted by Gasteiger charge is 2.28. The van der Waals surface area contributed by atoms with Crippen molar-refractivity contribution in [2.75, 3.05) is 19.3 Å². The number of aliphatic hydroxyl groups is 1. The molecule has 1 aromatic heterocycles. The maximum absolute atomic E-state index is 12.6. The van der Waals surface area contributed by atoms with E-state index in [9.17, 15) is 14.7 Å². The standard InChI is InChI=1S/C13H17Cl2N3O4S/c1-13(2,22)6-18(5-4-7(19)20)11(21)8-9(14)16-12(23-3)17-10(8)15/h22H,4-6H2,1-3H3,(H,19,20). The molecule has 0 spiro atoms. The number of carbonyl (C=O) groups is 2. The van der Waals surface area contributed by atoms with Gasteiger partial charge >= 0.3 is 5.97 Å². The lowest BCUT2D eigenvalue weighted by Gasteiger charge is -2.29. The van der Waals surface area contributed by atoms with Crippen LogP contribution in [-0.2, 0) is 4.79 Å². The maximum atomic E-state index is 12.6. The summed E-state index contributed by atoms with van der Waals surface area (Å²) in [6, 6.07) is 0. The summed E-state index contributed by atoms with van der Waals surface area (Å²) < 4.78 is 0. The third-order valence-electron chi connectivity index (χ3n) is 2.66. The van der Waals surface area contributed by atoms with Crippen LogP contribution in [-0.4, -0.2) is 61.9 Å². The molecule has 0 unspecified atom stereocenters. The molecule has 0 fully saturated rings. The first-order chi connectivity index (χ1) is 10.5. The second kappa shape index (κ2) is 8.14. The highest BCUT2D eigenvalue weighted by atomic mass is 35.5. The first-order valence-corrected chi connectivity index (χ1v) is 8.53. The topological polar surface area (TPSA) is 104 Å². The van der Waals surface area contributed by atoms with Gasteiger partial charge < -0.3 is 15.1 Å². The van der Waals surface area contributed by atoms with Gasteiger partial charge in [0.15, 0.2) is 5.16 Å². The van der Waals surface area contributed by atoms with Crippen molar-refractivity contribution >= 4 is 46.8 Å². The quantitative estimate of drug-likeness (QED) is 0.423. The molecule has 128 valence electrons. The lowest BCUT2D eigenvalue weighted by Crippen LogP contribution is -2.43. The average molecular weight is 382 g/mol. The number of carbonyl (C=O) groups excluding carboxylic acids is 1. The van der Waals surface area contributed by atoms with Crippen molar-refractivity contribution in [3.05, 3.63) is 15.9 Å². The molecule has 1 rings (SSSR count). The number of thioether (sulfide) groups is 1. The summed E-state index contributed by atoms with van der Waals surface area (Å²) in [5.41, 5.74) is -1.33. The Labute approximate surface area is 148 Å². The summed E-state index contributed by atoms with van der Waals surface area (Å²) in [6.07, 6.45) is 1.46. The fourth-order valence-corrected chi connectivity index (χ4v) is 2.78. The van der Waals surface area contributed by atoms with Crippen molar-refractivity contribution < 1.29 is 19.8 Å². The van der Waals surface area contributed by atoms with E-state index < -0.39 is 17.5 Å². The molecule has 7 nitrogen and oxygen atoms in total. The summed E-state index contributed by atoms with van der Waals surface area (Å²) in [6.45, 7) is 2.82. The van der Waals surface area contributed by atoms with Crippen molar-refractivity contribution in [3.8, 4) is 0 Å². The Hall–Kier alpha value is -1.09. The van der Waals surface area contributed by atoms with E-state index in [1.54, 1.807) is 6.26 Å². The van der Waals surface area contributed by atoms with Gasteiger partial charge in [0.05, 0.1) is 12.0 Å². The fourth-order valence-electron chi connectivity index (χ4n) is 1.77. The van der Waals surface area contributed by atoms with Gasteiger partial charge in [-0.1, -0.05) is 35.0 Å². The number of halogens is 2. The van der Waals surface area contributed by atoms with Crippen molar-refractivity contribution in [2.45, 2.75) is 31.0 Å². The largest absolute Gasteiger partial charge is 0.481 e. The van der Waals surface area contributed by atoms with E-state index in [2.05, 4.69) is 9.97 Å². The van der Waals surface area contributed by atoms with Crippen LogP contribution >= 0.6 is 35.0 Å². The SMILES string of the molecule is CSc1nc(Cl)c(C(=O)N(CCC(=O)O)CC(C)(C)O)c(Cl)n1. The van der Waals surface area contributed by atoms with E-state index in [0.717, 1.165) is 0 Å². The number of aromatic nitrogens is 2. The molecule has 0 atom stereocenters. The second-order valence-corrected chi connectivity index (χ2v) is 6.84. The highest BCUT2D eigenvalue weighted by Crippen LogP contribution is 2.26. The summed E-state index contributed by atoms with van der Waals surface area (Å²) in [5.74, 6) is -1.69. The van der Waals surface area contributed by atoms with Crippen LogP contribution in [0, 0.1) is 0 Å².